The summed E-state index contributed by atoms with van der Waals surface area (Å²) in [6, 6.07) is 7.67. The molecular formula is C19H24N6O2. The Bertz CT molecular complexity index is 796. The molecule has 2 atom stereocenters. The van der Waals surface area contributed by atoms with E-state index in [1.165, 1.54) is 0 Å². The Morgan fingerprint density at radius 2 is 1.48 bits per heavy atom. The van der Waals surface area contributed by atoms with Gasteiger partial charge >= 0.3 is 0 Å². The molecule has 2 bridgehead atoms. The summed E-state index contributed by atoms with van der Waals surface area (Å²) in [5.41, 5.74) is 7.51. The number of fused-ring (bicyclic) bond motifs is 2. The molecule has 0 aliphatic carbocycles. The minimum atomic E-state index is 0.285. The molecule has 0 radical (unpaired) electrons. The number of benzene rings is 1. The van der Waals surface area contributed by atoms with E-state index in [9.17, 15) is 0 Å². The molecule has 2 unspecified atom stereocenters. The van der Waals surface area contributed by atoms with Crippen molar-refractivity contribution >= 4 is 17.6 Å². The molecule has 142 valence electrons. The molecule has 3 saturated heterocycles. The molecule has 3 fully saturated rings. The van der Waals surface area contributed by atoms with Gasteiger partial charge in [0.25, 0.3) is 0 Å². The zero-order chi connectivity index (χ0) is 18.2. The summed E-state index contributed by atoms with van der Waals surface area (Å²) in [6.45, 7) is 4.65. The van der Waals surface area contributed by atoms with E-state index < -0.39 is 0 Å². The van der Waals surface area contributed by atoms with Crippen LogP contribution in [0, 0.1) is 0 Å². The highest BCUT2D eigenvalue weighted by atomic mass is 16.5. The first-order valence-electron chi connectivity index (χ1n) is 9.60. The summed E-state index contributed by atoms with van der Waals surface area (Å²) in [5, 5.41) is 0. The first-order valence-corrected chi connectivity index (χ1v) is 9.60. The van der Waals surface area contributed by atoms with Crippen LogP contribution in [0.25, 0.3) is 11.4 Å². The van der Waals surface area contributed by atoms with Gasteiger partial charge in [-0.15, -0.1) is 0 Å². The molecule has 3 aliphatic rings. The van der Waals surface area contributed by atoms with Gasteiger partial charge in [0.1, 0.15) is 0 Å². The van der Waals surface area contributed by atoms with Crippen LogP contribution in [-0.4, -0.2) is 66.6 Å². The van der Waals surface area contributed by atoms with Gasteiger partial charge in [-0.1, -0.05) is 0 Å². The van der Waals surface area contributed by atoms with Crippen LogP contribution >= 0.6 is 0 Å². The molecule has 27 heavy (non-hydrogen) atoms. The molecule has 1 aromatic heterocycles. The Hall–Kier alpha value is -2.45. The van der Waals surface area contributed by atoms with E-state index in [0.29, 0.717) is 25.0 Å². The molecule has 8 nitrogen and oxygen atoms in total. The zero-order valence-electron chi connectivity index (χ0n) is 15.3. The average Bonchev–Trinajstić information content (AvgIpc) is 3.06. The Morgan fingerprint density at radius 1 is 0.852 bits per heavy atom. The van der Waals surface area contributed by atoms with Crippen LogP contribution in [0.1, 0.15) is 12.8 Å². The summed E-state index contributed by atoms with van der Waals surface area (Å²) >= 11 is 0. The highest BCUT2D eigenvalue weighted by Gasteiger charge is 2.35. The third-order valence-corrected chi connectivity index (χ3v) is 5.40. The van der Waals surface area contributed by atoms with Crippen LogP contribution in [0.3, 0.4) is 0 Å². The molecule has 1 aromatic carbocycles. The Kier molecular flexibility index (Phi) is 4.29. The SMILES string of the molecule is Nc1ccc(-c2nc(N3CCOCC3)nc(N3CC4CCC(C3)O4)n2)cc1. The van der Waals surface area contributed by atoms with Crippen molar-refractivity contribution in [2.45, 2.75) is 25.0 Å². The molecule has 3 aliphatic heterocycles. The maximum absolute atomic E-state index is 5.97. The molecule has 2 aromatic rings. The van der Waals surface area contributed by atoms with Crippen molar-refractivity contribution in [2.75, 3.05) is 54.9 Å². The topological polar surface area (TPSA) is 89.6 Å². The van der Waals surface area contributed by atoms with Gasteiger partial charge in [0.15, 0.2) is 5.82 Å². The van der Waals surface area contributed by atoms with Crippen LogP contribution in [0.15, 0.2) is 24.3 Å². The van der Waals surface area contributed by atoms with E-state index in [2.05, 4.69) is 9.80 Å². The normalized spacial score (nSPS) is 25.0. The number of ether oxygens (including phenoxy) is 2. The maximum atomic E-state index is 5.97. The molecule has 2 N–H and O–H groups in total. The number of aromatic nitrogens is 3. The lowest BCUT2D eigenvalue weighted by atomic mass is 10.2. The number of anilines is 3. The van der Waals surface area contributed by atoms with Crippen molar-refractivity contribution in [3.05, 3.63) is 24.3 Å². The predicted molar refractivity (Wildman–Crippen MR) is 103 cm³/mol. The summed E-state index contributed by atoms with van der Waals surface area (Å²) in [4.78, 5) is 18.8. The third kappa shape index (κ3) is 3.42. The zero-order valence-corrected chi connectivity index (χ0v) is 15.3. The van der Waals surface area contributed by atoms with Crippen LogP contribution in [0.5, 0.6) is 0 Å². The standard InChI is InChI=1S/C19H24N6O2/c20-14-3-1-13(2-4-14)17-21-18(24-7-9-26-10-8-24)23-19(22-17)25-11-15-5-6-16(12-25)27-15/h1-4,15-16H,5-12,20H2. The smallest absolute Gasteiger partial charge is 0.230 e. The lowest BCUT2D eigenvalue weighted by Crippen LogP contribution is -2.44. The average molecular weight is 368 g/mol. The molecular weight excluding hydrogens is 344 g/mol. The Balaban J connectivity index is 1.52. The van der Waals surface area contributed by atoms with Crippen molar-refractivity contribution in [1.29, 1.82) is 0 Å². The van der Waals surface area contributed by atoms with Crippen molar-refractivity contribution in [3.63, 3.8) is 0 Å². The summed E-state index contributed by atoms with van der Waals surface area (Å²) in [5.74, 6) is 2.13. The second-order valence-corrected chi connectivity index (χ2v) is 7.34. The minimum absolute atomic E-state index is 0.285. The van der Waals surface area contributed by atoms with E-state index in [0.717, 1.165) is 56.2 Å². The number of nitrogens with two attached hydrogens (primary N) is 1. The first kappa shape index (κ1) is 16.7. The minimum Gasteiger partial charge on any atom is -0.399 e. The fourth-order valence-electron chi connectivity index (χ4n) is 3.94. The number of morpholine rings is 2. The van der Waals surface area contributed by atoms with E-state index >= 15 is 0 Å². The van der Waals surface area contributed by atoms with Crippen molar-refractivity contribution in [1.82, 2.24) is 15.0 Å². The number of nitrogens with zero attached hydrogens (tertiary/aromatic N) is 5. The highest BCUT2D eigenvalue weighted by Crippen LogP contribution is 2.30. The van der Waals surface area contributed by atoms with E-state index in [1.54, 1.807) is 0 Å². The monoisotopic (exact) mass is 368 g/mol. The summed E-state index contributed by atoms with van der Waals surface area (Å²) in [7, 11) is 0. The largest absolute Gasteiger partial charge is 0.399 e. The van der Waals surface area contributed by atoms with E-state index in [4.69, 9.17) is 30.2 Å². The lowest BCUT2D eigenvalue weighted by molar-refractivity contribution is 0.0299. The molecule has 0 saturated carbocycles. The molecule has 8 heteroatoms. The Labute approximate surface area is 158 Å². The van der Waals surface area contributed by atoms with Gasteiger partial charge in [-0.25, -0.2) is 0 Å². The van der Waals surface area contributed by atoms with Crippen molar-refractivity contribution in [2.24, 2.45) is 0 Å². The van der Waals surface area contributed by atoms with Gasteiger partial charge in [0.2, 0.25) is 11.9 Å². The van der Waals surface area contributed by atoms with Crippen LogP contribution in [0.4, 0.5) is 17.6 Å². The number of rotatable bonds is 3. The van der Waals surface area contributed by atoms with Crippen molar-refractivity contribution in [3.8, 4) is 11.4 Å². The second-order valence-electron chi connectivity index (χ2n) is 7.34. The first-order chi connectivity index (χ1) is 13.2. The lowest BCUT2D eigenvalue weighted by Gasteiger charge is -2.33. The maximum Gasteiger partial charge on any atom is 0.230 e. The van der Waals surface area contributed by atoms with E-state index in [1.807, 2.05) is 24.3 Å². The van der Waals surface area contributed by atoms with Gasteiger partial charge in [-0.2, -0.15) is 15.0 Å². The van der Waals surface area contributed by atoms with Gasteiger partial charge in [-0.05, 0) is 37.1 Å². The molecule has 4 heterocycles. The Morgan fingerprint density at radius 3 is 2.15 bits per heavy atom. The van der Waals surface area contributed by atoms with Crippen LogP contribution in [0.2, 0.25) is 0 Å². The fourth-order valence-corrected chi connectivity index (χ4v) is 3.94. The van der Waals surface area contributed by atoms with E-state index in [-0.39, 0.29) is 12.2 Å². The molecule has 5 rings (SSSR count). The van der Waals surface area contributed by atoms with Crippen LogP contribution < -0.4 is 15.5 Å². The quantitative estimate of drug-likeness (QED) is 0.812. The van der Waals surface area contributed by atoms with Gasteiger partial charge in [0.05, 0.1) is 25.4 Å². The number of hydrogen-bond acceptors (Lipinski definition) is 8. The molecule has 0 spiro atoms. The number of hydrogen-bond donors (Lipinski definition) is 1. The third-order valence-electron chi connectivity index (χ3n) is 5.40. The number of nitrogen functional groups attached to an aromatic ring is 1. The molecule has 0 amide bonds. The summed E-state index contributed by atoms with van der Waals surface area (Å²) < 4.78 is 11.4. The van der Waals surface area contributed by atoms with Crippen molar-refractivity contribution < 1.29 is 9.47 Å². The van der Waals surface area contributed by atoms with Gasteiger partial charge in [-0.3, -0.25) is 0 Å². The predicted octanol–water partition coefficient (Wildman–Crippen LogP) is 1.32. The highest BCUT2D eigenvalue weighted by molar-refractivity contribution is 5.61. The van der Waals surface area contributed by atoms with Gasteiger partial charge in [0, 0.05) is 37.4 Å². The summed E-state index contributed by atoms with van der Waals surface area (Å²) in [6.07, 6.45) is 2.81. The second kappa shape index (κ2) is 6.94. The van der Waals surface area contributed by atoms with Gasteiger partial charge < -0.3 is 25.0 Å². The fraction of sp³-hybridized carbons (Fsp3) is 0.526. The van der Waals surface area contributed by atoms with Crippen LogP contribution in [-0.2, 0) is 9.47 Å².